The van der Waals surface area contributed by atoms with E-state index in [1.807, 2.05) is 6.20 Å². The Labute approximate surface area is 200 Å². The molecule has 2 atom stereocenters. The van der Waals surface area contributed by atoms with Crippen LogP contribution in [-0.2, 0) is 11.8 Å². The fourth-order valence-corrected chi connectivity index (χ4v) is 4.28. The molecular formula is C25H26F2N6O2. The monoisotopic (exact) mass is 480 g/mol. The molecule has 1 aliphatic carbocycles. The molecule has 8 nitrogen and oxygen atoms in total. The van der Waals surface area contributed by atoms with E-state index in [0.29, 0.717) is 36.7 Å². The molecule has 1 saturated carbocycles. The van der Waals surface area contributed by atoms with Crippen LogP contribution in [0.3, 0.4) is 0 Å². The molecule has 0 spiro atoms. The molecule has 3 heterocycles. The second-order valence-electron chi connectivity index (χ2n) is 8.94. The first kappa shape index (κ1) is 23.2. The summed E-state index contributed by atoms with van der Waals surface area (Å²) in [6.07, 6.45) is 8.47. The molecule has 0 bridgehead atoms. The largest absolute Gasteiger partial charge is 0.388 e. The summed E-state index contributed by atoms with van der Waals surface area (Å²) in [6, 6.07) is 3.79. The number of fused-ring (bicyclic) bond motifs is 1. The van der Waals surface area contributed by atoms with Crippen LogP contribution in [-0.4, -0.2) is 51.8 Å². The maximum Gasteiger partial charge on any atom is 0.293 e. The van der Waals surface area contributed by atoms with Crippen LogP contribution in [0.5, 0.6) is 0 Å². The first-order chi connectivity index (χ1) is 16.9. The predicted molar refractivity (Wildman–Crippen MR) is 128 cm³/mol. The van der Waals surface area contributed by atoms with E-state index in [0.717, 1.165) is 24.5 Å². The molecule has 2 aliphatic rings. The molecule has 1 N–H and O–H groups in total. The van der Waals surface area contributed by atoms with Gasteiger partial charge in [-0.15, -0.1) is 0 Å². The lowest BCUT2D eigenvalue weighted by Crippen LogP contribution is -2.29. The minimum Gasteiger partial charge on any atom is -0.388 e. The summed E-state index contributed by atoms with van der Waals surface area (Å²) < 4.78 is 35.6. The quantitative estimate of drug-likeness (QED) is 0.545. The third kappa shape index (κ3) is 4.84. The maximum atomic E-state index is 14.8. The summed E-state index contributed by atoms with van der Waals surface area (Å²) in [5.41, 5.74) is 0.972. The molecule has 1 aromatic carbocycles. The zero-order chi connectivity index (χ0) is 24.5. The number of hydrogen-bond acceptors (Lipinski definition) is 7. The molecule has 35 heavy (non-hydrogen) atoms. The lowest BCUT2D eigenvalue weighted by Gasteiger charge is -2.29. The fourth-order valence-electron chi connectivity index (χ4n) is 4.28. The Morgan fingerprint density at radius 1 is 1.26 bits per heavy atom. The first-order valence-electron chi connectivity index (χ1n) is 11.6. The number of aromatic nitrogens is 4. The summed E-state index contributed by atoms with van der Waals surface area (Å²) >= 11 is 0. The van der Waals surface area contributed by atoms with Gasteiger partial charge in [-0.25, -0.2) is 23.4 Å². The van der Waals surface area contributed by atoms with Gasteiger partial charge in [-0.1, -0.05) is 0 Å². The van der Waals surface area contributed by atoms with Gasteiger partial charge in [-0.2, -0.15) is 5.10 Å². The topological polar surface area (TPSA) is 94.3 Å². The van der Waals surface area contributed by atoms with Crippen LogP contribution in [0, 0.1) is 11.6 Å². The van der Waals surface area contributed by atoms with E-state index in [9.17, 15) is 13.6 Å². The van der Waals surface area contributed by atoms with Gasteiger partial charge in [0.15, 0.2) is 0 Å². The smallest absolute Gasteiger partial charge is 0.293 e. The van der Waals surface area contributed by atoms with Crippen LogP contribution < -0.4 is 10.9 Å². The van der Waals surface area contributed by atoms with Crippen LogP contribution in [0.4, 0.5) is 8.78 Å². The van der Waals surface area contributed by atoms with Crippen molar-refractivity contribution in [3.8, 4) is 11.3 Å². The summed E-state index contributed by atoms with van der Waals surface area (Å²) in [5.74, 6) is -1.16. The third-order valence-electron chi connectivity index (χ3n) is 6.37. The number of ether oxygens (including phenoxy) is 1. The molecule has 10 heteroatoms. The highest BCUT2D eigenvalue weighted by Gasteiger charge is 2.30. The van der Waals surface area contributed by atoms with E-state index in [2.05, 4.69) is 20.4 Å². The van der Waals surface area contributed by atoms with Gasteiger partial charge in [0.1, 0.15) is 23.0 Å². The normalized spacial score (nSPS) is 21.1. The molecule has 5 rings (SSSR count). The molecule has 0 radical (unpaired) electrons. The second kappa shape index (κ2) is 9.61. The highest BCUT2D eigenvalue weighted by atomic mass is 19.1. The van der Waals surface area contributed by atoms with Crippen LogP contribution in [0.2, 0.25) is 0 Å². The van der Waals surface area contributed by atoms with Crippen molar-refractivity contribution < 1.29 is 13.5 Å². The molecule has 0 unspecified atom stereocenters. The molecule has 0 amide bonds. The number of nitrogens with zero attached hydrogens (tertiary/aromatic N) is 5. The lowest BCUT2D eigenvalue weighted by molar-refractivity contribution is 0.0312. The molecule has 182 valence electrons. The number of hydrogen-bond donors (Lipinski definition) is 1. The Morgan fingerprint density at radius 3 is 2.83 bits per heavy atom. The Balaban J connectivity index is 1.57. The summed E-state index contributed by atoms with van der Waals surface area (Å²) in [5, 5.41) is 7.76. The maximum absolute atomic E-state index is 14.8. The molecule has 1 saturated heterocycles. The third-order valence-corrected chi connectivity index (χ3v) is 6.37. The minimum absolute atomic E-state index is 0.0889. The van der Waals surface area contributed by atoms with Gasteiger partial charge in [0.2, 0.25) is 0 Å². The molecule has 2 aromatic heterocycles. The number of rotatable bonds is 6. The summed E-state index contributed by atoms with van der Waals surface area (Å²) in [6.45, 7) is 0.476. The minimum atomic E-state index is -0.767. The average Bonchev–Trinajstić information content (AvgIpc) is 3.68. The highest BCUT2D eigenvalue weighted by molar-refractivity contribution is 5.91. The molecule has 3 aromatic rings. The Kier molecular flexibility index (Phi) is 6.38. The standard InChI is InChI=1S/C25H26F2N6O2/c1-28-11-15(12-29-17-4-5-17)21-9-14(7-8-35-21)24-31-22(18-6-3-16(26)10-20(18)27)19-13-30-33(2)25(34)23(19)32-24/h3,6,10-14,17,21,29H,4-5,7-9H2,1-2H3/b15-12+,28-11?/t14-,21-/m1/s1. The Morgan fingerprint density at radius 2 is 2.09 bits per heavy atom. The summed E-state index contributed by atoms with van der Waals surface area (Å²) in [4.78, 5) is 26.4. The zero-order valence-electron chi connectivity index (χ0n) is 19.5. The second-order valence-corrected chi connectivity index (χ2v) is 8.94. The van der Waals surface area contributed by atoms with Gasteiger partial charge in [0, 0.05) is 62.3 Å². The number of benzene rings is 1. The van der Waals surface area contributed by atoms with Crippen molar-refractivity contribution in [1.29, 1.82) is 0 Å². The average molecular weight is 481 g/mol. The van der Waals surface area contributed by atoms with Gasteiger partial charge < -0.3 is 10.1 Å². The molecule has 2 fully saturated rings. The Bertz CT molecular complexity index is 1380. The van der Waals surface area contributed by atoms with Gasteiger partial charge >= 0.3 is 0 Å². The zero-order valence-corrected chi connectivity index (χ0v) is 19.5. The van der Waals surface area contributed by atoms with Crippen molar-refractivity contribution in [1.82, 2.24) is 25.1 Å². The van der Waals surface area contributed by atoms with E-state index in [-0.39, 0.29) is 28.8 Å². The number of nitrogens with one attached hydrogen (secondary N) is 1. The van der Waals surface area contributed by atoms with Crippen LogP contribution in [0.1, 0.15) is 37.4 Å². The van der Waals surface area contributed by atoms with Crippen molar-refractivity contribution in [2.24, 2.45) is 12.0 Å². The SMILES string of the molecule is CN=C/C(=C\NC1CC1)[C@H]1C[C@H](c2nc(-c3ccc(F)cc3F)c3cnn(C)c(=O)c3n2)CCO1. The van der Waals surface area contributed by atoms with Crippen LogP contribution in [0.15, 0.2) is 46.0 Å². The van der Waals surface area contributed by atoms with E-state index in [4.69, 9.17) is 9.72 Å². The molecule has 1 aliphatic heterocycles. The van der Waals surface area contributed by atoms with Gasteiger partial charge in [-0.05, 0) is 37.8 Å². The predicted octanol–water partition coefficient (Wildman–Crippen LogP) is 3.27. The van der Waals surface area contributed by atoms with Crippen molar-refractivity contribution in [2.45, 2.75) is 43.7 Å². The fraction of sp³-hybridized carbons (Fsp3) is 0.400. The van der Waals surface area contributed by atoms with E-state index >= 15 is 0 Å². The highest BCUT2D eigenvalue weighted by Crippen LogP contribution is 2.34. The van der Waals surface area contributed by atoms with E-state index in [1.165, 1.54) is 30.1 Å². The number of halogens is 2. The first-order valence-corrected chi connectivity index (χ1v) is 11.6. The van der Waals surface area contributed by atoms with Crippen molar-refractivity contribution in [3.05, 3.63) is 64.0 Å². The van der Waals surface area contributed by atoms with Gasteiger partial charge in [-0.3, -0.25) is 9.79 Å². The van der Waals surface area contributed by atoms with Crippen LogP contribution in [0.25, 0.3) is 22.2 Å². The molecular weight excluding hydrogens is 454 g/mol. The number of aliphatic imine (C=N–C) groups is 1. The number of aryl methyl sites for hydroxylation is 1. The lowest BCUT2D eigenvalue weighted by atomic mass is 9.91. The van der Waals surface area contributed by atoms with Crippen LogP contribution >= 0.6 is 0 Å². The Hall–Kier alpha value is -3.53. The van der Waals surface area contributed by atoms with Gasteiger partial charge in [0.05, 0.1) is 23.4 Å². The van der Waals surface area contributed by atoms with E-state index < -0.39 is 17.2 Å². The van der Waals surface area contributed by atoms with Crippen molar-refractivity contribution in [3.63, 3.8) is 0 Å². The van der Waals surface area contributed by atoms with Crippen molar-refractivity contribution >= 4 is 17.1 Å². The summed E-state index contributed by atoms with van der Waals surface area (Å²) in [7, 11) is 3.24. The van der Waals surface area contributed by atoms with Gasteiger partial charge in [0.25, 0.3) is 5.56 Å². The van der Waals surface area contributed by atoms with E-state index in [1.54, 1.807) is 13.3 Å². The van der Waals surface area contributed by atoms with Crippen molar-refractivity contribution in [2.75, 3.05) is 13.7 Å².